The predicted octanol–water partition coefficient (Wildman–Crippen LogP) is 7.56. The molecule has 1 heterocycles. The lowest BCUT2D eigenvalue weighted by Crippen LogP contribution is -2.35. The third-order valence-electron chi connectivity index (χ3n) is 6.06. The Labute approximate surface area is 232 Å². The van der Waals surface area contributed by atoms with E-state index in [-0.39, 0.29) is 30.5 Å². The van der Waals surface area contributed by atoms with Gasteiger partial charge in [0.05, 0.1) is 22.0 Å². The van der Waals surface area contributed by atoms with Crippen LogP contribution in [-0.2, 0) is 16.8 Å². The fourth-order valence-electron chi connectivity index (χ4n) is 4.05. The van der Waals surface area contributed by atoms with E-state index in [2.05, 4.69) is 5.10 Å². The summed E-state index contributed by atoms with van der Waals surface area (Å²) in [6.45, 7) is -0.427. The van der Waals surface area contributed by atoms with Crippen molar-refractivity contribution in [3.63, 3.8) is 0 Å². The number of aromatic nitrogens is 2. The SMILES string of the molecule is N#Cc1nn(-c2c(Cl)cc(S(F)(F)(F)(F)F)cc2Cl)c(N(Cc2ccc(Cl)cc2)C(=O)O)c1C1(C(N)=O)CC1. The van der Waals surface area contributed by atoms with Gasteiger partial charge in [0.2, 0.25) is 5.91 Å². The smallest absolute Gasteiger partial charge is 0.413 e. The molecule has 0 aliphatic heterocycles. The standard InChI is InChI=1S/C22H15Cl3F5N5O3S/c23-12-3-1-11(2-4-12)10-34(21(37)38)19-17(22(5-6-22)20(32)36)16(9-31)33-35(19)18-14(24)7-13(8-15(18)25)39(26,27,28,29)30/h1-4,7-8H,5-6,10H2,(H2,32,36)(H,37,38). The van der Waals surface area contributed by atoms with Gasteiger partial charge in [0.1, 0.15) is 22.5 Å². The van der Waals surface area contributed by atoms with Crippen LogP contribution in [0.2, 0.25) is 15.1 Å². The van der Waals surface area contributed by atoms with Crippen molar-refractivity contribution in [2.75, 3.05) is 4.90 Å². The van der Waals surface area contributed by atoms with Gasteiger partial charge in [-0.15, -0.1) is 0 Å². The molecule has 8 nitrogen and oxygen atoms in total. The molecular formula is C22H15Cl3F5N5O3S. The summed E-state index contributed by atoms with van der Waals surface area (Å²) >= 11 is 17.9. The molecule has 39 heavy (non-hydrogen) atoms. The van der Waals surface area contributed by atoms with Crippen LogP contribution in [0.3, 0.4) is 0 Å². The van der Waals surface area contributed by atoms with Gasteiger partial charge in [-0.3, -0.25) is 9.69 Å². The second kappa shape index (κ2) is 8.62. The molecule has 2 aromatic carbocycles. The van der Waals surface area contributed by atoms with E-state index in [1.807, 2.05) is 0 Å². The molecular weight excluding hydrogens is 616 g/mol. The van der Waals surface area contributed by atoms with Gasteiger partial charge >= 0.3 is 16.3 Å². The molecule has 0 radical (unpaired) electrons. The molecule has 1 saturated carbocycles. The number of primary amides is 1. The number of amides is 2. The molecule has 3 N–H and O–H groups in total. The van der Waals surface area contributed by atoms with Gasteiger partial charge in [0.25, 0.3) is 0 Å². The van der Waals surface area contributed by atoms with Crippen LogP contribution in [0.25, 0.3) is 5.69 Å². The second-order valence-corrected chi connectivity index (χ2v) is 12.4. The van der Waals surface area contributed by atoms with E-state index >= 15 is 0 Å². The first-order valence-corrected chi connectivity index (χ1v) is 13.7. The Morgan fingerprint density at radius 3 is 2.05 bits per heavy atom. The lowest BCUT2D eigenvalue weighted by atomic mass is 9.94. The van der Waals surface area contributed by atoms with Gasteiger partial charge in [-0.2, -0.15) is 10.4 Å². The first-order chi connectivity index (χ1) is 17.8. The van der Waals surface area contributed by atoms with E-state index in [1.165, 1.54) is 24.3 Å². The number of hydrogen-bond donors (Lipinski definition) is 2. The highest BCUT2D eigenvalue weighted by molar-refractivity contribution is 8.45. The third-order valence-corrected chi connectivity index (χ3v) is 8.01. The molecule has 1 fully saturated rings. The fourth-order valence-corrected chi connectivity index (χ4v) is 5.63. The zero-order valence-electron chi connectivity index (χ0n) is 19.1. The van der Waals surface area contributed by atoms with Crippen LogP contribution in [0.5, 0.6) is 0 Å². The van der Waals surface area contributed by atoms with Gasteiger partial charge in [0.15, 0.2) is 5.69 Å². The normalized spacial score (nSPS) is 16.1. The van der Waals surface area contributed by atoms with E-state index in [0.717, 1.165) is 0 Å². The fraction of sp³-hybridized carbons (Fsp3) is 0.182. The summed E-state index contributed by atoms with van der Waals surface area (Å²) in [4.78, 5) is 23.2. The molecule has 1 aromatic heterocycles. The number of nitriles is 1. The zero-order chi connectivity index (χ0) is 29.2. The Balaban J connectivity index is 2.05. The summed E-state index contributed by atoms with van der Waals surface area (Å²) in [7, 11) is -10.2. The number of nitrogens with zero attached hydrogens (tertiary/aromatic N) is 4. The number of nitrogens with two attached hydrogens (primary N) is 1. The van der Waals surface area contributed by atoms with Gasteiger partial charge in [-0.25, -0.2) is 9.48 Å². The number of benzene rings is 2. The Hall–Kier alpha value is -3.25. The van der Waals surface area contributed by atoms with Crippen LogP contribution in [0.15, 0.2) is 41.3 Å². The highest BCUT2D eigenvalue weighted by atomic mass is 35.5. The van der Waals surface area contributed by atoms with Crippen LogP contribution in [0.4, 0.5) is 30.0 Å². The Bertz CT molecular complexity index is 1560. The first kappa shape index (κ1) is 28.8. The molecule has 0 saturated heterocycles. The molecule has 208 valence electrons. The summed E-state index contributed by atoms with van der Waals surface area (Å²) in [5, 5.41) is 22.3. The summed E-state index contributed by atoms with van der Waals surface area (Å²) in [5.74, 6) is -1.39. The van der Waals surface area contributed by atoms with E-state index in [0.29, 0.717) is 20.2 Å². The van der Waals surface area contributed by atoms with E-state index in [4.69, 9.17) is 40.5 Å². The zero-order valence-corrected chi connectivity index (χ0v) is 22.2. The Morgan fingerprint density at radius 2 is 1.64 bits per heavy atom. The molecule has 1 aliphatic rings. The summed E-state index contributed by atoms with van der Waals surface area (Å²) in [6.07, 6.45) is -1.42. The highest BCUT2D eigenvalue weighted by Crippen LogP contribution is 3.02. The number of halogens is 8. The lowest BCUT2D eigenvalue weighted by molar-refractivity contribution is -0.120. The summed E-state index contributed by atoms with van der Waals surface area (Å²) in [6, 6.07) is 7.46. The molecule has 0 unspecified atom stereocenters. The van der Waals surface area contributed by atoms with Gasteiger partial charge in [0, 0.05) is 10.6 Å². The lowest BCUT2D eigenvalue weighted by Gasteiger charge is -2.40. The van der Waals surface area contributed by atoms with Crippen molar-refractivity contribution in [1.29, 1.82) is 5.26 Å². The molecule has 2 amide bonds. The maximum absolute atomic E-state index is 13.5. The maximum atomic E-state index is 13.5. The highest BCUT2D eigenvalue weighted by Gasteiger charge is 2.66. The number of rotatable bonds is 7. The number of carboxylic acid groups (broad SMARTS) is 1. The number of anilines is 1. The molecule has 0 bridgehead atoms. The molecule has 4 rings (SSSR count). The van der Waals surface area contributed by atoms with Crippen molar-refractivity contribution < 1.29 is 34.1 Å². The van der Waals surface area contributed by atoms with Crippen LogP contribution in [-0.4, -0.2) is 26.9 Å². The van der Waals surface area contributed by atoms with Crippen LogP contribution < -0.4 is 10.6 Å². The second-order valence-electron chi connectivity index (χ2n) is 8.72. The van der Waals surface area contributed by atoms with Crippen molar-refractivity contribution in [1.82, 2.24) is 9.78 Å². The first-order valence-electron chi connectivity index (χ1n) is 10.6. The Morgan fingerprint density at radius 1 is 1.10 bits per heavy atom. The van der Waals surface area contributed by atoms with Crippen molar-refractivity contribution in [3.8, 4) is 11.8 Å². The van der Waals surface area contributed by atoms with E-state index in [1.54, 1.807) is 6.07 Å². The molecule has 0 spiro atoms. The minimum atomic E-state index is -10.2. The maximum Gasteiger partial charge on any atom is 0.413 e. The molecule has 17 heteroatoms. The number of carbonyl (C=O) groups excluding carboxylic acids is 1. The monoisotopic (exact) mass is 629 g/mol. The molecule has 0 atom stereocenters. The Kier molecular flexibility index (Phi) is 6.36. The predicted molar refractivity (Wildman–Crippen MR) is 135 cm³/mol. The number of carbonyl (C=O) groups is 2. The summed E-state index contributed by atoms with van der Waals surface area (Å²) < 4.78 is 68.0. The quantitative estimate of drug-likeness (QED) is 0.261. The molecule has 3 aromatic rings. The minimum Gasteiger partial charge on any atom is -0.465 e. The van der Waals surface area contributed by atoms with Crippen LogP contribution >= 0.6 is 45.0 Å². The van der Waals surface area contributed by atoms with Gasteiger partial charge < -0.3 is 10.8 Å². The van der Waals surface area contributed by atoms with Crippen LogP contribution in [0, 0.1) is 11.3 Å². The van der Waals surface area contributed by atoms with Crippen molar-refractivity contribution in [2.45, 2.75) is 29.7 Å². The average Bonchev–Trinajstić information content (AvgIpc) is 3.52. The largest absolute Gasteiger partial charge is 0.465 e. The minimum absolute atomic E-state index is 0.0766. The average molecular weight is 631 g/mol. The third kappa shape index (κ3) is 5.31. The molecule has 1 aliphatic carbocycles. The van der Waals surface area contributed by atoms with Crippen molar-refractivity contribution >= 4 is 62.8 Å². The van der Waals surface area contributed by atoms with Crippen molar-refractivity contribution in [3.05, 3.63) is 68.3 Å². The topological polar surface area (TPSA) is 125 Å². The van der Waals surface area contributed by atoms with E-state index < -0.39 is 66.3 Å². The summed E-state index contributed by atoms with van der Waals surface area (Å²) in [5.41, 5.74) is 3.07. The van der Waals surface area contributed by atoms with Gasteiger partial charge in [-0.1, -0.05) is 66.4 Å². The van der Waals surface area contributed by atoms with E-state index in [9.17, 15) is 39.4 Å². The van der Waals surface area contributed by atoms with Crippen molar-refractivity contribution in [2.24, 2.45) is 5.73 Å². The van der Waals surface area contributed by atoms with Crippen LogP contribution in [0.1, 0.15) is 29.7 Å². The van der Waals surface area contributed by atoms with Gasteiger partial charge in [-0.05, 0) is 42.7 Å². The number of hydrogen-bond acceptors (Lipinski definition) is 4.